The predicted molar refractivity (Wildman–Crippen MR) is 50.0 cm³/mol. The Morgan fingerprint density at radius 3 is 2.67 bits per heavy atom. The van der Waals surface area contributed by atoms with Gasteiger partial charge in [0, 0.05) is 12.6 Å². The van der Waals surface area contributed by atoms with E-state index in [0.29, 0.717) is 12.8 Å². The maximum Gasteiger partial charge on any atom is 0.390 e. The second-order valence-corrected chi connectivity index (χ2v) is 3.90. The fraction of sp³-hybridized carbons (Fsp3) is 1.00. The summed E-state index contributed by atoms with van der Waals surface area (Å²) in [4.78, 5) is 0. The van der Waals surface area contributed by atoms with Gasteiger partial charge < -0.3 is 4.74 Å². The lowest BCUT2D eigenvalue weighted by Gasteiger charge is -2.19. The molecule has 0 saturated carbocycles. The minimum atomic E-state index is -4.16. The highest BCUT2D eigenvalue weighted by molar-refractivity contribution is 4.72. The Morgan fingerprint density at radius 1 is 1.47 bits per heavy atom. The Balaban J connectivity index is 2.21. The van der Waals surface area contributed by atoms with Crippen molar-refractivity contribution in [2.45, 2.75) is 50.4 Å². The van der Waals surface area contributed by atoms with Crippen LogP contribution in [0.1, 0.15) is 32.1 Å². The third-order valence-electron chi connectivity index (χ3n) is 2.57. The molecule has 3 nitrogen and oxygen atoms in total. The number of hydrogen-bond donors (Lipinski definition) is 2. The zero-order valence-electron chi connectivity index (χ0n) is 8.52. The van der Waals surface area contributed by atoms with Gasteiger partial charge in [0.15, 0.2) is 0 Å². The third kappa shape index (κ3) is 5.34. The summed E-state index contributed by atoms with van der Waals surface area (Å²) in [5, 5.41) is 0. The van der Waals surface area contributed by atoms with Crippen LogP contribution >= 0.6 is 0 Å². The van der Waals surface area contributed by atoms with Gasteiger partial charge in [-0.05, 0) is 25.7 Å². The molecule has 1 aliphatic heterocycles. The summed E-state index contributed by atoms with van der Waals surface area (Å²) >= 11 is 0. The lowest BCUT2D eigenvalue weighted by Crippen LogP contribution is -2.39. The number of nitrogens with one attached hydrogen (secondary N) is 1. The van der Waals surface area contributed by atoms with E-state index in [1.807, 2.05) is 0 Å². The number of ether oxygens (including phenoxy) is 1. The van der Waals surface area contributed by atoms with Gasteiger partial charge in [-0.3, -0.25) is 11.3 Å². The van der Waals surface area contributed by atoms with Gasteiger partial charge in [0.05, 0.1) is 12.5 Å². The zero-order chi connectivity index (χ0) is 11.3. The van der Waals surface area contributed by atoms with Gasteiger partial charge in [0.25, 0.3) is 0 Å². The van der Waals surface area contributed by atoms with Crippen molar-refractivity contribution in [3.63, 3.8) is 0 Å². The Hall–Kier alpha value is -0.330. The normalized spacial score (nSPS) is 24.4. The van der Waals surface area contributed by atoms with E-state index in [1.54, 1.807) is 0 Å². The van der Waals surface area contributed by atoms with Crippen LogP contribution in [0.5, 0.6) is 0 Å². The van der Waals surface area contributed by atoms with Gasteiger partial charge in [0.1, 0.15) is 0 Å². The second kappa shape index (κ2) is 5.67. The van der Waals surface area contributed by atoms with Crippen molar-refractivity contribution >= 4 is 0 Å². The highest BCUT2D eigenvalue weighted by Crippen LogP contribution is 2.25. The van der Waals surface area contributed by atoms with Crippen LogP contribution < -0.4 is 11.3 Å². The van der Waals surface area contributed by atoms with Crippen molar-refractivity contribution in [1.29, 1.82) is 0 Å². The molecule has 0 aromatic heterocycles. The van der Waals surface area contributed by atoms with Crippen molar-refractivity contribution in [2.75, 3.05) is 6.61 Å². The molecule has 0 aromatic carbocycles. The van der Waals surface area contributed by atoms with Crippen LogP contribution in [0.2, 0.25) is 0 Å². The lowest BCUT2D eigenvalue weighted by atomic mass is 10.0. The smallest absolute Gasteiger partial charge is 0.378 e. The van der Waals surface area contributed by atoms with Gasteiger partial charge in [-0.25, -0.2) is 0 Å². The Kier molecular flexibility index (Phi) is 4.82. The van der Waals surface area contributed by atoms with E-state index in [4.69, 9.17) is 10.6 Å². The molecule has 2 unspecified atom stereocenters. The molecule has 1 fully saturated rings. The van der Waals surface area contributed by atoms with E-state index in [2.05, 4.69) is 5.43 Å². The fourth-order valence-corrected chi connectivity index (χ4v) is 1.78. The van der Waals surface area contributed by atoms with Gasteiger partial charge >= 0.3 is 6.18 Å². The van der Waals surface area contributed by atoms with E-state index < -0.39 is 18.6 Å². The zero-order valence-corrected chi connectivity index (χ0v) is 8.52. The molecule has 0 spiro atoms. The summed E-state index contributed by atoms with van der Waals surface area (Å²) in [6, 6.07) is -0.700. The molecular formula is C9H17F3N2O. The van der Waals surface area contributed by atoms with Crippen molar-refractivity contribution in [3.05, 3.63) is 0 Å². The second-order valence-electron chi connectivity index (χ2n) is 3.90. The average molecular weight is 226 g/mol. The highest BCUT2D eigenvalue weighted by Gasteiger charge is 2.31. The highest BCUT2D eigenvalue weighted by atomic mass is 19.4. The van der Waals surface area contributed by atoms with Crippen LogP contribution in [-0.4, -0.2) is 24.9 Å². The van der Waals surface area contributed by atoms with E-state index >= 15 is 0 Å². The summed E-state index contributed by atoms with van der Waals surface area (Å²) in [6.45, 7) is 0.727. The Bertz CT molecular complexity index is 181. The number of alkyl halides is 3. The molecule has 90 valence electrons. The number of rotatable bonds is 5. The molecule has 0 aliphatic carbocycles. The fourth-order valence-electron chi connectivity index (χ4n) is 1.78. The van der Waals surface area contributed by atoms with Crippen LogP contribution in [0, 0.1) is 0 Å². The average Bonchev–Trinajstić information content (AvgIpc) is 2.62. The first-order valence-corrected chi connectivity index (χ1v) is 5.16. The number of nitrogens with two attached hydrogens (primary N) is 1. The summed E-state index contributed by atoms with van der Waals surface area (Å²) in [6.07, 6.45) is -1.92. The van der Waals surface area contributed by atoms with Gasteiger partial charge in [-0.15, -0.1) is 0 Å². The Labute approximate surface area is 87.1 Å². The number of halogens is 3. The molecule has 1 heterocycles. The largest absolute Gasteiger partial charge is 0.390 e. The predicted octanol–water partition coefficient (Wildman–Crippen LogP) is 1.73. The van der Waals surface area contributed by atoms with E-state index in [9.17, 15) is 13.2 Å². The van der Waals surface area contributed by atoms with E-state index in [0.717, 1.165) is 19.4 Å². The third-order valence-corrected chi connectivity index (χ3v) is 2.57. The van der Waals surface area contributed by atoms with Crippen molar-refractivity contribution in [1.82, 2.24) is 5.43 Å². The van der Waals surface area contributed by atoms with Crippen LogP contribution in [0.3, 0.4) is 0 Å². The first-order valence-electron chi connectivity index (χ1n) is 5.16. The van der Waals surface area contributed by atoms with Crippen LogP contribution in [0.25, 0.3) is 0 Å². The van der Waals surface area contributed by atoms with Gasteiger partial charge in [0.2, 0.25) is 0 Å². The minimum Gasteiger partial charge on any atom is -0.378 e. The van der Waals surface area contributed by atoms with Crippen molar-refractivity contribution in [3.8, 4) is 0 Å². The van der Waals surface area contributed by atoms with E-state index in [-0.39, 0.29) is 6.10 Å². The monoisotopic (exact) mass is 226 g/mol. The number of hydrogen-bond acceptors (Lipinski definition) is 3. The summed E-state index contributed by atoms with van der Waals surface area (Å²) in [5.74, 6) is 5.07. The molecular weight excluding hydrogens is 209 g/mol. The topological polar surface area (TPSA) is 47.3 Å². The van der Waals surface area contributed by atoms with E-state index in [1.165, 1.54) is 0 Å². The summed E-state index contributed by atoms with van der Waals surface area (Å²) in [7, 11) is 0. The summed E-state index contributed by atoms with van der Waals surface area (Å²) in [5.41, 5.74) is 2.21. The molecule has 2 atom stereocenters. The molecule has 0 bridgehead atoms. The summed E-state index contributed by atoms with van der Waals surface area (Å²) < 4.78 is 41.5. The van der Waals surface area contributed by atoms with Gasteiger partial charge in [-0.2, -0.15) is 13.2 Å². The van der Waals surface area contributed by atoms with Crippen LogP contribution in [0.4, 0.5) is 13.2 Å². The molecule has 0 amide bonds. The molecule has 3 N–H and O–H groups in total. The maximum atomic E-state index is 12.1. The molecule has 15 heavy (non-hydrogen) atoms. The first-order chi connectivity index (χ1) is 7.01. The molecule has 1 aliphatic rings. The quantitative estimate of drug-likeness (QED) is 0.554. The van der Waals surface area contributed by atoms with Crippen molar-refractivity contribution < 1.29 is 17.9 Å². The lowest BCUT2D eigenvalue weighted by molar-refractivity contribution is -0.140. The molecule has 0 radical (unpaired) electrons. The van der Waals surface area contributed by atoms with Crippen molar-refractivity contribution in [2.24, 2.45) is 5.84 Å². The Morgan fingerprint density at radius 2 is 2.20 bits per heavy atom. The maximum absolute atomic E-state index is 12.1. The molecule has 1 saturated heterocycles. The SMILES string of the molecule is NNC(CCC1CCCO1)CC(F)(F)F. The van der Waals surface area contributed by atoms with Gasteiger partial charge in [-0.1, -0.05) is 0 Å². The number of hydrazine groups is 1. The molecule has 1 rings (SSSR count). The minimum absolute atomic E-state index is 0.120. The van der Waals surface area contributed by atoms with Crippen LogP contribution in [0.15, 0.2) is 0 Å². The van der Waals surface area contributed by atoms with Crippen LogP contribution in [-0.2, 0) is 4.74 Å². The molecule has 6 heteroatoms. The molecule has 0 aromatic rings. The standard InChI is InChI=1S/C9H17F3N2O/c10-9(11,12)6-7(14-13)3-4-8-2-1-5-15-8/h7-8,14H,1-6,13H2. The first kappa shape index (κ1) is 12.7.